The van der Waals surface area contributed by atoms with Crippen molar-refractivity contribution in [2.75, 3.05) is 13.1 Å². The van der Waals surface area contributed by atoms with Gasteiger partial charge in [0.1, 0.15) is 12.4 Å². The number of carbonyl (C=O) groups excluding carboxylic acids is 2. The Bertz CT molecular complexity index is 789. The van der Waals surface area contributed by atoms with Crippen molar-refractivity contribution in [2.45, 2.75) is 46.8 Å². The summed E-state index contributed by atoms with van der Waals surface area (Å²) < 4.78 is 13.2. The van der Waals surface area contributed by atoms with Crippen LogP contribution in [-0.2, 0) is 17.9 Å². The van der Waals surface area contributed by atoms with Crippen molar-refractivity contribution in [1.82, 2.24) is 15.1 Å². The van der Waals surface area contributed by atoms with Crippen LogP contribution in [0.3, 0.4) is 0 Å². The van der Waals surface area contributed by atoms with E-state index in [1.807, 2.05) is 39.1 Å². The Hall–Kier alpha value is -2.41. The molecule has 0 aliphatic rings. The predicted octanol–water partition coefficient (Wildman–Crippen LogP) is 4.16. The van der Waals surface area contributed by atoms with Crippen molar-refractivity contribution in [3.63, 3.8) is 0 Å². The molecule has 5 nitrogen and oxygen atoms in total. The number of urea groups is 1. The van der Waals surface area contributed by atoms with E-state index in [0.29, 0.717) is 19.6 Å². The van der Waals surface area contributed by atoms with Gasteiger partial charge in [-0.3, -0.25) is 4.79 Å². The van der Waals surface area contributed by atoms with Crippen LogP contribution < -0.4 is 5.32 Å². The minimum Gasteiger partial charge on any atom is -0.338 e. The molecule has 3 amide bonds. The molecule has 1 heterocycles. The molecule has 7 heteroatoms. The quantitative estimate of drug-likeness (QED) is 0.717. The van der Waals surface area contributed by atoms with Crippen molar-refractivity contribution in [3.8, 4) is 0 Å². The fraction of sp³-hybridized carbons (Fsp3) is 0.429. The standard InChI is InChI=1S/C21H28FN3O2S/c1-5-23-21(27)25(15(2)3)14-20(26)24(13-19-16(4)10-11-28-19)12-17-6-8-18(22)9-7-17/h6-11,15H,5,12-14H2,1-4H3,(H,23,27). The Morgan fingerprint density at radius 2 is 1.82 bits per heavy atom. The van der Waals surface area contributed by atoms with Gasteiger partial charge in [0.15, 0.2) is 0 Å². The lowest BCUT2D eigenvalue weighted by molar-refractivity contribution is -0.133. The van der Waals surface area contributed by atoms with Crippen molar-refractivity contribution in [2.24, 2.45) is 0 Å². The van der Waals surface area contributed by atoms with Gasteiger partial charge in [0, 0.05) is 24.0 Å². The van der Waals surface area contributed by atoms with Crippen LogP contribution in [-0.4, -0.2) is 40.9 Å². The minimum atomic E-state index is -0.307. The molecule has 2 aromatic rings. The highest BCUT2D eigenvalue weighted by Gasteiger charge is 2.24. The number of benzene rings is 1. The van der Waals surface area contributed by atoms with E-state index in [4.69, 9.17) is 0 Å². The molecule has 0 aliphatic heterocycles. The van der Waals surface area contributed by atoms with Crippen LogP contribution in [0.1, 0.15) is 36.8 Å². The molecule has 0 saturated carbocycles. The Labute approximate surface area is 170 Å². The van der Waals surface area contributed by atoms with E-state index in [9.17, 15) is 14.0 Å². The predicted molar refractivity (Wildman–Crippen MR) is 111 cm³/mol. The van der Waals surface area contributed by atoms with Crippen LogP contribution in [0.25, 0.3) is 0 Å². The Kier molecular flexibility index (Phi) is 7.99. The second-order valence-corrected chi connectivity index (χ2v) is 7.96. The number of carbonyl (C=O) groups is 2. The van der Waals surface area contributed by atoms with Gasteiger partial charge in [-0.25, -0.2) is 9.18 Å². The number of hydrogen-bond donors (Lipinski definition) is 1. The lowest BCUT2D eigenvalue weighted by Gasteiger charge is -2.30. The van der Waals surface area contributed by atoms with Crippen LogP contribution in [0.15, 0.2) is 35.7 Å². The number of nitrogens with zero attached hydrogens (tertiary/aromatic N) is 2. The number of amides is 3. The van der Waals surface area contributed by atoms with Gasteiger partial charge < -0.3 is 15.1 Å². The number of thiophene rings is 1. The summed E-state index contributed by atoms with van der Waals surface area (Å²) in [6, 6.07) is 7.82. The zero-order valence-corrected chi connectivity index (χ0v) is 17.7. The summed E-state index contributed by atoms with van der Waals surface area (Å²) in [7, 11) is 0. The van der Waals surface area contributed by atoms with Crippen molar-refractivity contribution >= 4 is 23.3 Å². The first-order valence-corrected chi connectivity index (χ1v) is 10.3. The van der Waals surface area contributed by atoms with Crippen LogP contribution in [0.2, 0.25) is 0 Å². The second-order valence-electron chi connectivity index (χ2n) is 6.96. The normalized spacial score (nSPS) is 10.8. The summed E-state index contributed by atoms with van der Waals surface area (Å²) in [5.74, 6) is -0.449. The molecule has 0 aliphatic carbocycles. The second kappa shape index (κ2) is 10.2. The topological polar surface area (TPSA) is 52.7 Å². The fourth-order valence-corrected chi connectivity index (χ4v) is 3.69. The number of aryl methyl sites for hydroxylation is 1. The van der Waals surface area contributed by atoms with Crippen LogP contribution >= 0.6 is 11.3 Å². The van der Waals surface area contributed by atoms with E-state index in [1.165, 1.54) is 17.0 Å². The molecule has 0 radical (unpaired) electrons. The third-order valence-corrected chi connectivity index (χ3v) is 5.47. The molecule has 0 atom stereocenters. The van der Waals surface area contributed by atoms with E-state index < -0.39 is 0 Å². The maximum Gasteiger partial charge on any atom is 0.318 e. The number of hydrogen-bond acceptors (Lipinski definition) is 3. The minimum absolute atomic E-state index is 0.00484. The average molecular weight is 406 g/mol. The third-order valence-electron chi connectivity index (χ3n) is 4.46. The molecule has 28 heavy (non-hydrogen) atoms. The molecular weight excluding hydrogens is 377 g/mol. The molecule has 0 fully saturated rings. The van der Waals surface area contributed by atoms with Gasteiger partial charge in [-0.1, -0.05) is 12.1 Å². The van der Waals surface area contributed by atoms with Crippen LogP contribution in [0.4, 0.5) is 9.18 Å². The SMILES string of the molecule is CCNC(=O)N(CC(=O)N(Cc1ccc(F)cc1)Cc1sccc1C)C(C)C. The first-order chi connectivity index (χ1) is 13.3. The highest BCUT2D eigenvalue weighted by molar-refractivity contribution is 7.10. The van der Waals surface area contributed by atoms with Gasteiger partial charge in [0.25, 0.3) is 0 Å². The summed E-state index contributed by atoms with van der Waals surface area (Å²) in [6.07, 6.45) is 0. The zero-order chi connectivity index (χ0) is 20.7. The smallest absolute Gasteiger partial charge is 0.318 e. The molecule has 1 aromatic heterocycles. The van der Waals surface area contributed by atoms with Gasteiger partial charge in [-0.05, 0) is 62.4 Å². The molecule has 1 N–H and O–H groups in total. The molecular formula is C21H28FN3O2S. The van der Waals surface area contributed by atoms with E-state index in [0.717, 1.165) is 16.0 Å². The van der Waals surface area contributed by atoms with E-state index >= 15 is 0 Å². The largest absolute Gasteiger partial charge is 0.338 e. The summed E-state index contributed by atoms with van der Waals surface area (Å²) in [5.41, 5.74) is 1.98. The first-order valence-electron chi connectivity index (χ1n) is 9.41. The monoisotopic (exact) mass is 405 g/mol. The summed E-state index contributed by atoms with van der Waals surface area (Å²) in [5, 5.41) is 4.76. The highest BCUT2D eigenvalue weighted by Crippen LogP contribution is 2.20. The third kappa shape index (κ3) is 6.05. The molecule has 0 spiro atoms. The summed E-state index contributed by atoms with van der Waals surface area (Å²) >= 11 is 1.60. The maximum absolute atomic E-state index is 13.2. The van der Waals surface area contributed by atoms with Crippen LogP contribution in [0, 0.1) is 12.7 Å². The summed E-state index contributed by atoms with van der Waals surface area (Å²) in [6.45, 7) is 8.95. The van der Waals surface area contributed by atoms with Gasteiger partial charge in [-0.15, -0.1) is 11.3 Å². The van der Waals surface area contributed by atoms with Crippen molar-refractivity contribution in [3.05, 3.63) is 57.5 Å². The average Bonchev–Trinajstić information content (AvgIpc) is 3.05. The molecule has 2 rings (SSSR count). The van der Waals surface area contributed by atoms with E-state index in [2.05, 4.69) is 5.32 Å². The summed E-state index contributed by atoms with van der Waals surface area (Å²) in [4.78, 5) is 29.8. The first kappa shape index (κ1) is 21.9. The van der Waals surface area contributed by atoms with Crippen molar-refractivity contribution in [1.29, 1.82) is 0 Å². The van der Waals surface area contributed by atoms with E-state index in [1.54, 1.807) is 28.4 Å². The zero-order valence-electron chi connectivity index (χ0n) is 16.9. The highest BCUT2D eigenvalue weighted by atomic mass is 32.1. The van der Waals surface area contributed by atoms with Gasteiger partial charge >= 0.3 is 6.03 Å². The Morgan fingerprint density at radius 3 is 2.36 bits per heavy atom. The van der Waals surface area contributed by atoms with Gasteiger partial charge in [0.05, 0.1) is 6.54 Å². The maximum atomic E-state index is 13.2. The van der Waals surface area contributed by atoms with Crippen LogP contribution in [0.5, 0.6) is 0 Å². The molecule has 152 valence electrons. The molecule has 0 saturated heterocycles. The van der Waals surface area contributed by atoms with Gasteiger partial charge in [-0.2, -0.15) is 0 Å². The van der Waals surface area contributed by atoms with Gasteiger partial charge in [0.2, 0.25) is 5.91 Å². The fourth-order valence-electron chi connectivity index (χ4n) is 2.77. The lowest BCUT2D eigenvalue weighted by atomic mass is 10.2. The molecule has 0 bridgehead atoms. The molecule has 1 aromatic carbocycles. The Balaban J connectivity index is 2.20. The van der Waals surface area contributed by atoms with Crippen molar-refractivity contribution < 1.29 is 14.0 Å². The Morgan fingerprint density at radius 1 is 1.14 bits per heavy atom. The van der Waals surface area contributed by atoms with E-state index in [-0.39, 0.29) is 30.3 Å². The molecule has 0 unspecified atom stereocenters. The number of rotatable bonds is 8. The lowest BCUT2D eigenvalue weighted by Crippen LogP contribution is -2.49. The number of nitrogens with one attached hydrogen (secondary N) is 1. The number of halogens is 1.